The van der Waals surface area contributed by atoms with E-state index in [1.807, 2.05) is 30.3 Å². The second-order valence-electron chi connectivity index (χ2n) is 4.86. The highest BCUT2D eigenvalue weighted by molar-refractivity contribution is 6.30. The molecular weight excluding hydrogens is 302 g/mol. The molecule has 0 saturated carbocycles. The molecule has 0 unspecified atom stereocenters. The first-order valence-electron chi connectivity index (χ1n) is 6.90. The second-order valence-corrected chi connectivity index (χ2v) is 5.30. The minimum Gasteiger partial charge on any atom is -0.467 e. The number of methoxy groups -OCH3 is 1. The number of nitrogens with one attached hydrogen (secondary N) is 1. The van der Waals surface area contributed by atoms with Crippen LogP contribution in [0.4, 0.5) is 0 Å². The van der Waals surface area contributed by atoms with Crippen LogP contribution in [0.15, 0.2) is 54.6 Å². The molecule has 0 heterocycles. The van der Waals surface area contributed by atoms with Crippen molar-refractivity contribution in [2.45, 2.75) is 18.7 Å². The van der Waals surface area contributed by atoms with Crippen LogP contribution < -0.4 is 5.32 Å². The number of carbonyl (C=O) groups is 1. The Hall–Kier alpha value is -1.88. The van der Waals surface area contributed by atoms with Gasteiger partial charge in [-0.15, -0.1) is 0 Å². The Kier molecular flexibility index (Phi) is 5.95. The molecule has 0 spiro atoms. The minimum atomic E-state index is -1.30. The van der Waals surface area contributed by atoms with Crippen LogP contribution in [0.25, 0.3) is 0 Å². The summed E-state index contributed by atoms with van der Waals surface area (Å²) in [6.07, 6.45) is -1.30. The molecule has 2 aromatic carbocycles. The molecule has 0 aliphatic heterocycles. The van der Waals surface area contributed by atoms with Gasteiger partial charge in [0.05, 0.1) is 13.2 Å². The average molecular weight is 320 g/mol. The molecule has 0 aliphatic rings. The quantitative estimate of drug-likeness (QED) is 0.804. The Labute approximate surface area is 134 Å². The lowest BCUT2D eigenvalue weighted by atomic mass is 10.0. The van der Waals surface area contributed by atoms with E-state index in [1.54, 1.807) is 24.3 Å². The molecule has 2 rings (SSSR count). The fourth-order valence-electron chi connectivity index (χ4n) is 2.16. The number of carbonyl (C=O) groups excluding carboxylic acids is 1. The molecule has 0 aliphatic carbocycles. The van der Waals surface area contributed by atoms with Gasteiger partial charge in [-0.3, -0.25) is 0 Å². The Morgan fingerprint density at radius 2 is 1.82 bits per heavy atom. The Bertz CT molecular complexity index is 601. The summed E-state index contributed by atoms with van der Waals surface area (Å²) in [6, 6.07) is 16.2. The number of aliphatic hydroxyl groups excluding tert-OH is 1. The van der Waals surface area contributed by atoms with Crippen LogP contribution in [0.3, 0.4) is 0 Å². The van der Waals surface area contributed by atoms with Crippen molar-refractivity contribution < 1.29 is 14.6 Å². The van der Waals surface area contributed by atoms with Crippen molar-refractivity contribution in [1.29, 1.82) is 0 Å². The summed E-state index contributed by atoms with van der Waals surface area (Å²) in [5.41, 5.74) is 1.82. The van der Waals surface area contributed by atoms with Gasteiger partial charge in [0, 0.05) is 11.6 Å². The second kappa shape index (κ2) is 7.94. The van der Waals surface area contributed by atoms with Gasteiger partial charge < -0.3 is 15.2 Å². The maximum atomic E-state index is 11.7. The third-order valence-electron chi connectivity index (χ3n) is 3.36. The first-order chi connectivity index (χ1) is 10.6. The van der Waals surface area contributed by atoms with Crippen molar-refractivity contribution in [1.82, 2.24) is 5.32 Å². The lowest BCUT2D eigenvalue weighted by Crippen LogP contribution is -2.37. The minimum absolute atomic E-state index is 0.516. The zero-order valence-corrected chi connectivity index (χ0v) is 13.0. The van der Waals surface area contributed by atoms with Crippen LogP contribution in [0.1, 0.15) is 17.2 Å². The highest BCUT2D eigenvalue weighted by Crippen LogP contribution is 2.21. The fourth-order valence-corrected chi connectivity index (χ4v) is 2.29. The Morgan fingerprint density at radius 1 is 1.18 bits per heavy atom. The molecule has 2 N–H and O–H groups in total. The summed E-state index contributed by atoms with van der Waals surface area (Å²) < 4.78 is 4.64. The van der Waals surface area contributed by atoms with E-state index in [0.29, 0.717) is 11.6 Å². The van der Waals surface area contributed by atoms with Crippen molar-refractivity contribution in [2.75, 3.05) is 7.11 Å². The molecule has 4 nitrogen and oxygen atoms in total. The van der Waals surface area contributed by atoms with Crippen molar-refractivity contribution in [3.8, 4) is 0 Å². The normalized spacial score (nSPS) is 13.4. The Morgan fingerprint density at radius 3 is 2.41 bits per heavy atom. The van der Waals surface area contributed by atoms with Crippen molar-refractivity contribution in [3.63, 3.8) is 0 Å². The maximum absolute atomic E-state index is 11.7. The topological polar surface area (TPSA) is 58.6 Å². The van der Waals surface area contributed by atoms with Crippen LogP contribution in [-0.4, -0.2) is 24.3 Å². The molecule has 2 aromatic rings. The third kappa shape index (κ3) is 4.31. The van der Waals surface area contributed by atoms with E-state index in [1.165, 1.54) is 7.11 Å². The molecule has 0 radical (unpaired) electrons. The summed E-state index contributed by atoms with van der Waals surface area (Å²) >= 11 is 5.88. The van der Waals surface area contributed by atoms with Gasteiger partial charge in [-0.1, -0.05) is 54.1 Å². The lowest BCUT2D eigenvalue weighted by molar-refractivity contribution is -0.152. The zero-order chi connectivity index (χ0) is 15.9. The number of hydrogen-bond donors (Lipinski definition) is 2. The van der Waals surface area contributed by atoms with Gasteiger partial charge in [0.25, 0.3) is 0 Å². The molecule has 5 heteroatoms. The van der Waals surface area contributed by atoms with Gasteiger partial charge in [-0.05, 0) is 23.3 Å². The van der Waals surface area contributed by atoms with Crippen LogP contribution in [0.5, 0.6) is 0 Å². The van der Waals surface area contributed by atoms with Crippen LogP contribution in [0, 0.1) is 0 Å². The van der Waals surface area contributed by atoms with Gasteiger partial charge in [0.15, 0.2) is 6.10 Å². The van der Waals surface area contributed by atoms with Gasteiger partial charge in [-0.25, -0.2) is 4.79 Å². The zero-order valence-electron chi connectivity index (χ0n) is 12.2. The molecule has 2 atom stereocenters. The lowest BCUT2D eigenvalue weighted by Gasteiger charge is -2.23. The van der Waals surface area contributed by atoms with E-state index >= 15 is 0 Å². The first kappa shape index (κ1) is 16.5. The number of hydrogen-bond acceptors (Lipinski definition) is 4. The average Bonchev–Trinajstić information content (AvgIpc) is 2.56. The highest BCUT2D eigenvalue weighted by atomic mass is 35.5. The number of halogens is 1. The third-order valence-corrected chi connectivity index (χ3v) is 3.61. The molecule has 0 amide bonds. The molecule has 116 valence electrons. The summed E-state index contributed by atoms with van der Waals surface area (Å²) in [6.45, 7) is 0.516. The first-order valence-corrected chi connectivity index (χ1v) is 7.28. The fraction of sp³-hybridized carbons (Fsp3) is 0.235. The molecule has 0 bridgehead atoms. The predicted molar refractivity (Wildman–Crippen MR) is 85.5 cm³/mol. The molecule has 0 fully saturated rings. The smallest absolute Gasteiger partial charge is 0.336 e. The van der Waals surface area contributed by atoms with E-state index < -0.39 is 18.1 Å². The summed E-state index contributed by atoms with van der Waals surface area (Å²) in [5.74, 6) is -0.680. The maximum Gasteiger partial charge on any atom is 0.336 e. The van der Waals surface area contributed by atoms with Crippen molar-refractivity contribution in [3.05, 3.63) is 70.7 Å². The Balaban J connectivity index is 2.17. The number of rotatable bonds is 6. The SMILES string of the molecule is COC(=O)[C@H](O)[C@@H](NCc1ccccc1)c1ccc(Cl)cc1. The van der Waals surface area contributed by atoms with Gasteiger partial charge in [-0.2, -0.15) is 0 Å². The number of benzene rings is 2. The molecule has 0 aromatic heterocycles. The highest BCUT2D eigenvalue weighted by Gasteiger charge is 2.28. The summed E-state index contributed by atoms with van der Waals surface area (Å²) in [7, 11) is 1.25. The van der Waals surface area contributed by atoms with E-state index in [-0.39, 0.29) is 0 Å². The summed E-state index contributed by atoms with van der Waals surface area (Å²) in [4.78, 5) is 11.7. The van der Waals surface area contributed by atoms with E-state index in [0.717, 1.165) is 11.1 Å². The summed E-state index contributed by atoms with van der Waals surface area (Å²) in [5, 5.41) is 14.0. The van der Waals surface area contributed by atoms with Crippen LogP contribution in [-0.2, 0) is 16.1 Å². The monoisotopic (exact) mass is 319 g/mol. The molecular formula is C17H18ClNO3. The van der Waals surface area contributed by atoms with Gasteiger partial charge in [0.2, 0.25) is 0 Å². The number of aliphatic hydroxyl groups is 1. The molecule has 0 saturated heterocycles. The van der Waals surface area contributed by atoms with Gasteiger partial charge in [0.1, 0.15) is 0 Å². The standard InChI is InChI=1S/C17H18ClNO3/c1-22-17(21)16(20)15(13-7-9-14(18)10-8-13)19-11-12-5-3-2-4-6-12/h2-10,15-16,19-20H,11H2,1H3/t15-,16+/m0/s1. The predicted octanol–water partition coefficient (Wildman–Crippen LogP) is 2.70. The van der Waals surface area contributed by atoms with E-state index in [4.69, 9.17) is 11.6 Å². The van der Waals surface area contributed by atoms with Gasteiger partial charge >= 0.3 is 5.97 Å². The van der Waals surface area contributed by atoms with E-state index in [9.17, 15) is 9.90 Å². The largest absolute Gasteiger partial charge is 0.467 e. The van der Waals surface area contributed by atoms with Crippen LogP contribution >= 0.6 is 11.6 Å². The van der Waals surface area contributed by atoms with E-state index in [2.05, 4.69) is 10.1 Å². The number of ether oxygens (including phenoxy) is 1. The van der Waals surface area contributed by atoms with Crippen molar-refractivity contribution >= 4 is 17.6 Å². The van der Waals surface area contributed by atoms with Crippen LogP contribution in [0.2, 0.25) is 5.02 Å². The number of esters is 1. The molecule has 22 heavy (non-hydrogen) atoms. The van der Waals surface area contributed by atoms with Crippen molar-refractivity contribution in [2.24, 2.45) is 0 Å².